The summed E-state index contributed by atoms with van der Waals surface area (Å²) in [5.74, 6) is 0.485. The summed E-state index contributed by atoms with van der Waals surface area (Å²) >= 11 is 0. The molecule has 0 heterocycles. The van der Waals surface area contributed by atoms with Crippen molar-refractivity contribution < 1.29 is 23.8 Å². The normalized spacial score (nSPS) is 12.2. The molecule has 0 saturated heterocycles. The molecule has 1 amide bonds. The second-order valence-electron chi connectivity index (χ2n) is 6.64. The van der Waals surface area contributed by atoms with Crippen LogP contribution in [0, 0.1) is 0 Å². The van der Waals surface area contributed by atoms with Gasteiger partial charge in [-0.05, 0) is 48.1 Å². The first-order valence-electron chi connectivity index (χ1n) is 9.44. The third-order valence-corrected chi connectivity index (χ3v) is 4.63. The van der Waals surface area contributed by atoms with E-state index in [-0.39, 0.29) is 25.5 Å². The fraction of sp³-hybridized carbons (Fsp3) is 0.364. The molecule has 0 aromatic heterocycles. The smallest absolute Gasteiger partial charge is 0.310 e. The largest absolute Gasteiger partial charge is 0.493 e. The van der Waals surface area contributed by atoms with Crippen LogP contribution in [0.5, 0.6) is 11.5 Å². The molecule has 0 bridgehead atoms. The van der Waals surface area contributed by atoms with Gasteiger partial charge in [-0.3, -0.25) is 9.59 Å². The van der Waals surface area contributed by atoms with Crippen molar-refractivity contribution in [2.45, 2.75) is 25.7 Å². The van der Waals surface area contributed by atoms with E-state index in [0.717, 1.165) is 18.4 Å². The predicted octanol–water partition coefficient (Wildman–Crippen LogP) is 2.46. The maximum absolute atomic E-state index is 12.0. The van der Waals surface area contributed by atoms with Crippen molar-refractivity contribution >= 4 is 11.9 Å². The highest BCUT2D eigenvalue weighted by Crippen LogP contribution is 2.25. The highest BCUT2D eigenvalue weighted by molar-refractivity contribution is 5.81. The molecule has 2 aromatic rings. The molecule has 0 aliphatic heterocycles. The molecule has 0 radical (unpaired) electrons. The van der Waals surface area contributed by atoms with Gasteiger partial charge in [-0.15, -0.1) is 0 Å². The number of carbonyl (C=O) groups excluding carboxylic acids is 2. The number of methoxy groups -OCH3 is 1. The van der Waals surface area contributed by atoms with Gasteiger partial charge in [-0.1, -0.05) is 30.3 Å². The summed E-state index contributed by atoms with van der Waals surface area (Å²) in [6.07, 6.45) is 3.53. The number of nitrogens with one attached hydrogen (secondary N) is 1. The first kappa shape index (κ1) is 19.7. The van der Waals surface area contributed by atoms with Gasteiger partial charge in [0.25, 0.3) is 5.91 Å². The Morgan fingerprint density at radius 3 is 2.64 bits per heavy atom. The van der Waals surface area contributed by atoms with E-state index in [0.29, 0.717) is 18.0 Å². The quantitative estimate of drug-likeness (QED) is 0.532. The number of rotatable bonds is 9. The number of esters is 1. The minimum atomic E-state index is -0.404. The number of benzene rings is 2. The van der Waals surface area contributed by atoms with Gasteiger partial charge in [0.2, 0.25) is 0 Å². The molecule has 3 rings (SSSR count). The van der Waals surface area contributed by atoms with Gasteiger partial charge < -0.3 is 19.5 Å². The second kappa shape index (κ2) is 9.78. The zero-order valence-corrected chi connectivity index (χ0v) is 16.0. The minimum Gasteiger partial charge on any atom is -0.493 e. The third-order valence-electron chi connectivity index (χ3n) is 4.63. The lowest BCUT2D eigenvalue weighted by atomic mass is 10.0. The Kier molecular flexibility index (Phi) is 6.89. The monoisotopic (exact) mass is 383 g/mol. The van der Waals surface area contributed by atoms with Crippen LogP contribution in [0.4, 0.5) is 0 Å². The molecule has 28 heavy (non-hydrogen) atoms. The summed E-state index contributed by atoms with van der Waals surface area (Å²) in [4.78, 5) is 23.8. The first-order chi connectivity index (χ1) is 13.7. The first-order valence-corrected chi connectivity index (χ1v) is 9.44. The highest BCUT2D eigenvalue weighted by Gasteiger charge is 2.13. The van der Waals surface area contributed by atoms with Gasteiger partial charge in [0.15, 0.2) is 18.1 Å². The lowest BCUT2D eigenvalue weighted by Crippen LogP contribution is -2.32. The van der Waals surface area contributed by atoms with Crippen LogP contribution >= 0.6 is 0 Å². The number of aryl methyl sites for hydroxylation is 2. The van der Waals surface area contributed by atoms with Crippen LogP contribution < -0.4 is 14.8 Å². The lowest BCUT2D eigenvalue weighted by Gasteiger charge is -2.11. The summed E-state index contributed by atoms with van der Waals surface area (Å²) in [6.45, 7) is 0.298. The fourth-order valence-corrected chi connectivity index (χ4v) is 3.24. The molecule has 1 N–H and O–H groups in total. The Labute approximate surface area is 164 Å². The SMILES string of the molecule is COc1ccccc1OCCNC(=O)COC(=O)Cc1ccc2c(c1)CCC2. The Morgan fingerprint density at radius 2 is 1.82 bits per heavy atom. The average Bonchev–Trinajstić information content (AvgIpc) is 3.18. The van der Waals surface area contributed by atoms with Crippen LogP contribution in [0.1, 0.15) is 23.1 Å². The van der Waals surface area contributed by atoms with Crippen LogP contribution in [-0.2, 0) is 33.6 Å². The van der Waals surface area contributed by atoms with Crippen molar-refractivity contribution in [3.63, 3.8) is 0 Å². The van der Waals surface area contributed by atoms with Crippen molar-refractivity contribution in [2.75, 3.05) is 26.9 Å². The van der Waals surface area contributed by atoms with E-state index in [4.69, 9.17) is 14.2 Å². The van der Waals surface area contributed by atoms with Gasteiger partial charge in [-0.2, -0.15) is 0 Å². The number of hydrogen-bond donors (Lipinski definition) is 1. The van der Waals surface area contributed by atoms with Crippen LogP contribution in [0.15, 0.2) is 42.5 Å². The molecule has 0 fully saturated rings. The molecule has 0 saturated carbocycles. The highest BCUT2D eigenvalue weighted by atomic mass is 16.5. The summed E-state index contributed by atoms with van der Waals surface area (Å²) in [5, 5.41) is 2.66. The zero-order chi connectivity index (χ0) is 19.8. The van der Waals surface area contributed by atoms with Crippen LogP contribution in [0.25, 0.3) is 0 Å². The number of hydrogen-bond acceptors (Lipinski definition) is 5. The van der Waals surface area contributed by atoms with E-state index < -0.39 is 5.97 Å². The van der Waals surface area contributed by atoms with Crippen molar-refractivity contribution in [1.82, 2.24) is 5.32 Å². The molecule has 148 valence electrons. The lowest BCUT2D eigenvalue weighted by molar-refractivity contribution is -0.147. The van der Waals surface area contributed by atoms with Crippen molar-refractivity contribution in [1.29, 1.82) is 0 Å². The molecular weight excluding hydrogens is 358 g/mol. The zero-order valence-electron chi connectivity index (χ0n) is 16.0. The molecule has 2 aromatic carbocycles. The van der Waals surface area contributed by atoms with E-state index in [9.17, 15) is 9.59 Å². The average molecular weight is 383 g/mol. The minimum absolute atomic E-state index is 0.178. The van der Waals surface area contributed by atoms with Gasteiger partial charge in [0.1, 0.15) is 6.61 Å². The van der Waals surface area contributed by atoms with Crippen LogP contribution in [0.2, 0.25) is 0 Å². The van der Waals surface area contributed by atoms with Gasteiger partial charge in [0, 0.05) is 0 Å². The summed E-state index contributed by atoms with van der Waals surface area (Å²) in [7, 11) is 1.57. The predicted molar refractivity (Wildman–Crippen MR) is 105 cm³/mol. The Morgan fingerprint density at radius 1 is 1.04 bits per heavy atom. The Bertz CT molecular complexity index is 833. The second-order valence-corrected chi connectivity index (χ2v) is 6.64. The van der Waals surface area contributed by atoms with E-state index >= 15 is 0 Å². The summed E-state index contributed by atoms with van der Waals surface area (Å²) in [6, 6.07) is 13.4. The van der Waals surface area contributed by atoms with Crippen molar-refractivity contribution in [3.05, 3.63) is 59.2 Å². The van der Waals surface area contributed by atoms with E-state index in [1.807, 2.05) is 18.2 Å². The number of fused-ring (bicyclic) bond motifs is 1. The Hall–Kier alpha value is -3.02. The number of carbonyl (C=O) groups is 2. The topological polar surface area (TPSA) is 73.9 Å². The standard InChI is InChI=1S/C22H25NO5/c1-26-19-7-2-3-8-20(19)27-12-11-23-21(24)15-28-22(25)14-16-9-10-17-5-4-6-18(17)13-16/h2-3,7-10,13H,4-6,11-12,14-15H2,1H3,(H,23,24). The molecule has 6 heteroatoms. The molecule has 0 spiro atoms. The number of amides is 1. The molecule has 0 atom stereocenters. The van der Waals surface area contributed by atoms with Gasteiger partial charge in [0.05, 0.1) is 20.1 Å². The molecule has 1 aliphatic carbocycles. The Balaban J connectivity index is 1.33. The van der Waals surface area contributed by atoms with Crippen LogP contribution in [0.3, 0.4) is 0 Å². The summed E-state index contributed by atoms with van der Waals surface area (Å²) < 4.78 is 15.8. The maximum atomic E-state index is 12.0. The molecular formula is C22H25NO5. The van der Waals surface area contributed by atoms with Crippen molar-refractivity contribution in [3.8, 4) is 11.5 Å². The van der Waals surface area contributed by atoms with E-state index in [1.54, 1.807) is 19.2 Å². The van der Waals surface area contributed by atoms with Gasteiger partial charge >= 0.3 is 5.97 Å². The van der Waals surface area contributed by atoms with E-state index in [2.05, 4.69) is 17.4 Å². The number of ether oxygens (including phenoxy) is 3. The third kappa shape index (κ3) is 5.49. The number of para-hydroxylation sites is 2. The molecule has 0 unspecified atom stereocenters. The van der Waals surface area contributed by atoms with Crippen LogP contribution in [-0.4, -0.2) is 38.7 Å². The van der Waals surface area contributed by atoms with E-state index in [1.165, 1.54) is 17.5 Å². The van der Waals surface area contributed by atoms with Gasteiger partial charge in [-0.25, -0.2) is 0 Å². The summed E-state index contributed by atoms with van der Waals surface area (Å²) in [5.41, 5.74) is 3.61. The maximum Gasteiger partial charge on any atom is 0.310 e. The molecule has 6 nitrogen and oxygen atoms in total. The fourth-order valence-electron chi connectivity index (χ4n) is 3.24. The van der Waals surface area contributed by atoms with Crippen molar-refractivity contribution in [2.24, 2.45) is 0 Å². The molecule has 1 aliphatic rings.